The van der Waals surface area contributed by atoms with Crippen LogP contribution in [0.15, 0.2) is 12.1 Å². The van der Waals surface area contributed by atoms with Gasteiger partial charge in [0.1, 0.15) is 17.9 Å². The van der Waals surface area contributed by atoms with Crippen molar-refractivity contribution in [2.75, 3.05) is 0 Å². The van der Waals surface area contributed by atoms with E-state index >= 15 is 0 Å². The molecule has 0 aliphatic carbocycles. The summed E-state index contributed by atoms with van der Waals surface area (Å²) >= 11 is 5.64. The second-order valence-electron chi connectivity index (χ2n) is 3.71. The lowest BCUT2D eigenvalue weighted by molar-refractivity contribution is -0.110. The average Bonchev–Trinajstić information content (AvgIpc) is 2.19. The van der Waals surface area contributed by atoms with Crippen LogP contribution in [0.4, 0.5) is 4.39 Å². The van der Waals surface area contributed by atoms with Gasteiger partial charge in [-0.25, -0.2) is 4.39 Å². The second kappa shape index (κ2) is 3.81. The molecule has 0 amide bonds. The molecular weight excluding hydrogens is 219 g/mol. The summed E-state index contributed by atoms with van der Waals surface area (Å²) in [5, 5.41) is 0.0208. The first-order chi connectivity index (χ1) is 7.11. The molecule has 2 rings (SSSR count). The third kappa shape index (κ3) is 1.84. The van der Waals surface area contributed by atoms with E-state index in [1.54, 1.807) is 0 Å². The molecule has 0 spiro atoms. The topological polar surface area (TPSA) is 26.3 Å². The largest absolute Gasteiger partial charge is 0.490 e. The molecule has 4 heteroatoms. The molecule has 15 heavy (non-hydrogen) atoms. The van der Waals surface area contributed by atoms with E-state index in [9.17, 15) is 9.18 Å². The average molecular weight is 229 g/mol. The maximum atomic E-state index is 13.2. The molecule has 80 valence electrons. The molecule has 2 atom stereocenters. The summed E-state index contributed by atoms with van der Waals surface area (Å²) in [7, 11) is 0. The molecule has 1 heterocycles. The van der Waals surface area contributed by atoms with Crippen LogP contribution in [0.1, 0.15) is 24.8 Å². The Morgan fingerprint density at radius 3 is 3.00 bits per heavy atom. The summed E-state index contributed by atoms with van der Waals surface area (Å²) in [6.45, 7) is 1.87. The fourth-order valence-corrected chi connectivity index (χ4v) is 1.97. The number of carbonyl (C=O) groups excluding carboxylic acids is 1. The van der Waals surface area contributed by atoms with Crippen molar-refractivity contribution in [1.82, 2.24) is 0 Å². The first-order valence-electron chi connectivity index (χ1n) is 4.72. The molecule has 0 bridgehead atoms. The zero-order valence-corrected chi connectivity index (χ0v) is 8.92. The van der Waals surface area contributed by atoms with Crippen molar-refractivity contribution >= 4 is 17.9 Å². The van der Waals surface area contributed by atoms with Gasteiger partial charge in [-0.1, -0.05) is 11.6 Å². The predicted octanol–water partition coefficient (Wildman–Crippen LogP) is 2.93. The van der Waals surface area contributed by atoms with Gasteiger partial charge < -0.3 is 9.53 Å². The molecule has 1 aliphatic rings. The van der Waals surface area contributed by atoms with E-state index in [0.717, 1.165) is 6.29 Å². The van der Waals surface area contributed by atoms with E-state index in [0.29, 0.717) is 17.7 Å². The van der Waals surface area contributed by atoms with Crippen molar-refractivity contribution in [3.8, 4) is 5.75 Å². The highest BCUT2D eigenvalue weighted by atomic mass is 35.5. The Hall–Kier alpha value is -1.09. The molecule has 0 saturated heterocycles. The lowest BCUT2D eigenvalue weighted by atomic mass is 9.91. The summed E-state index contributed by atoms with van der Waals surface area (Å²) in [4.78, 5) is 10.9. The number of aldehydes is 1. The first kappa shape index (κ1) is 10.4. The van der Waals surface area contributed by atoms with Crippen molar-refractivity contribution < 1.29 is 13.9 Å². The normalized spacial score (nSPS) is 24.2. The summed E-state index contributed by atoms with van der Waals surface area (Å²) < 4.78 is 18.7. The van der Waals surface area contributed by atoms with Crippen LogP contribution in [0.3, 0.4) is 0 Å². The van der Waals surface area contributed by atoms with Gasteiger partial charge in [-0.15, -0.1) is 0 Å². The zero-order valence-electron chi connectivity index (χ0n) is 8.17. The van der Waals surface area contributed by atoms with Crippen LogP contribution in [-0.4, -0.2) is 12.4 Å². The Kier molecular flexibility index (Phi) is 2.65. The Labute approximate surface area is 92.0 Å². The summed E-state index contributed by atoms with van der Waals surface area (Å²) in [6.07, 6.45) is 1.36. The van der Waals surface area contributed by atoms with E-state index < -0.39 is 5.82 Å². The van der Waals surface area contributed by atoms with Crippen LogP contribution in [0.25, 0.3) is 0 Å². The Bertz CT molecular complexity index is 406. The van der Waals surface area contributed by atoms with Crippen molar-refractivity contribution in [3.63, 3.8) is 0 Å². The van der Waals surface area contributed by atoms with E-state index in [2.05, 4.69) is 0 Å². The van der Waals surface area contributed by atoms with Crippen molar-refractivity contribution in [3.05, 3.63) is 28.5 Å². The van der Waals surface area contributed by atoms with Gasteiger partial charge in [0.2, 0.25) is 0 Å². The molecule has 0 fully saturated rings. The molecule has 0 N–H and O–H groups in total. The minimum absolute atomic E-state index is 0.0208. The van der Waals surface area contributed by atoms with Gasteiger partial charge in [0, 0.05) is 17.5 Å². The zero-order chi connectivity index (χ0) is 11.0. The lowest BCUT2D eigenvalue weighted by Gasteiger charge is -2.27. The fraction of sp³-hybridized carbons (Fsp3) is 0.364. The van der Waals surface area contributed by atoms with Crippen LogP contribution in [0.2, 0.25) is 5.02 Å². The number of rotatable bonds is 1. The number of hydrogen-bond donors (Lipinski definition) is 0. The van der Waals surface area contributed by atoms with Gasteiger partial charge in [-0.2, -0.15) is 0 Å². The highest BCUT2D eigenvalue weighted by molar-refractivity contribution is 6.30. The molecule has 1 aliphatic heterocycles. The predicted molar refractivity (Wildman–Crippen MR) is 54.9 cm³/mol. The number of hydrogen-bond acceptors (Lipinski definition) is 2. The summed E-state index contributed by atoms with van der Waals surface area (Å²) in [5.74, 6) is -0.298. The molecule has 1 aromatic carbocycles. The molecular formula is C11H10ClFO2. The Balaban J connectivity index is 2.51. The summed E-state index contributed by atoms with van der Waals surface area (Å²) in [5.41, 5.74) is 0.588. The van der Waals surface area contributed by atoms with E-state index in [1.807, 2.05) is 6.92 Å². The Morgan fingerprint density at radius 2 is 2.33 bits per heavy atom. The standard InChI is InChI=1S/C11H10ClFO2/c1-6-2-7(5-14)8-3-10(13)9(12)4-11(8)15-6/h3-7H,2H2,1H3/t6-,7?/m1/s1. The van der Waals surface area contributed by atoms with Gasteiger partial charge >= 0.3 is 0 Å². The number of fused-ring (bicyclic) bond motifs is 1. The molecule has 1 aromatic rings. The molecule has 2 nitrogen and oxygen atoms in total. The maximum absolute atomic E-state index is 13.2. The SMILES string of the molecule is C[C@@H]1CC(C=O)c2cc(F)c(Cl)cc2O1. The van der Waals surface area contributed by atoms with Crippen LogP contribution in [-0.2, 0) is 4.79 Å². The Morgan fingerprint density at radius 1 is 1.60 bits per heavy atom. The minimum atomic E-state index is -0.514. The van der Waals surface area contributed by atoms with Gasteiger partial charge in [0.05, 0.1) is 11.1 Å². The van der Waals surface area contributed by atoms with E-state index in [-0.39, 0.29) is 17.0 Å². The minimum Gasteiger partial charge on any atom is -0.490 e. The lowest BCUT2D eigenvalue weighted by Crippen LogP contribution is -2.23. The monoisotopic (exact) mass is 228 g/mol. The third-order valence-corrected chi connectivity index (χ3v) is 2.82. The van der Waals surface area contributed by atoms with Crippen molar-refractivity contribution in [2.45, 2.75) is 25.4 Å². The number of benzene rings is 1. The van der Waals surface area contributed by atoms with Gasteiger partial charge in [-0.05, 0) is 19.4 Å². The number of ether oxygens (including phenoxy) is 1. The number of carbonyl (C=O) groups is 1. The van der Waals surface area contributed by atoms with Gasteiger partial charge in [0.15, 0.2) is 0 Å². The molecule has 0 saturated carbocycles. The van der Waals surface area contributed by atoms with Crippen molar-refractivity contribution in [2.24, 2.45) is 0 Å². The second-order valence-corrected chi connectivity index (χ2v) is 4.12. The molecule has 0 radical (unpaired) electrons. The van der Waals surface area contributed by atoms with Crippen LogP contribution < -0.4 is 4.74 Å². The highest BCUT2D eigenvalue weighted by Crippen LogP contribution is 2.37. The van der Waals surface area contributed by atoms with Crippen LogP contribution >= 0.6 is 11.6 Å². The van der Waals surface area contributed by atoms with E-state index in [4.69, 9.17) is 16.3 Å². The third-order valence-electron chi connectivity index (χ3n) is 2.53. The van der Waals surface area contributed by atoms with Crippen molar-refractivity contribution in [1.29, 1.82) is 0 Å². The van der Waals surface area contributed by atoms with Gasteiger partial charge in [-0.3, -0.25) is 0 Å². The molecule has 1 unspecified atom stereocenters. The van der Waals surface area contributed by atoms with E-state index in [1.165, 1.54) is 12.1 Å². The van der Waals surface area contributed by atoms with Crippen LogP contribution in [0, 0.1) is 5.82 Å². The van der Waals surface area contributed by atoms with Gasteiger partial charge in [0.25, 0.3) is 0 Å². The maximum Gasteiger partial charge on any atom is 0.142 e. The quantitative estimate of drug-likeness (QED) is 0.691. The summed E-state index contributed by atoms with van der Waals surface area (Å²) in [6, 6.07) is 2.71. The number of halogens is 2. The molecule has 0 aromatic heterocycles. The van der Waals surface area contributed by atoms with Crippen LogP contribution in [0.5, 0.6) is 5.75 Å². The fourth-order valence-electron chi connectivity index (χ4n) is 1.81. The smallest absolute Gasteiger partial charge is 0.142 e. The first-order valence-corrected chi connectivity index (χ1v) is 5.10. The highest BCUT2D eigenvalue weighted by Gasteiger charge is 2.26.